The fourth-order valence-corrected chi connectivity index (χ4v) is 2.59. The molecule has 0 aliphatic carbocycles. The lowest BCUT2D eigenvalue weighted by Crippen LogP contribution is -2.18. The Hall–Kier alpha value is -3.06. The molecule has 1 heterocycles. The molecule has 0 saturated heterocycles. The van der Waals surface area contributed by atoms with Gasteiger partial charge in [0.25, 0.3) is 0 Å². The van der Waals surface area contributed by atoms with E-state index in [4.69, 9.17) is 14.2 Å². The number of anilines is 2. The average molecular weight is 356 g/mol. The maximum absolute atomic E-state index is 12.4. The molecular weight excluding hydrogens is 336 g/mol. The van der Waals surface area contributed by atoms with Crippen molar-refractivity contribution < 1.29 is 23.8 Å². The van der Waals surface area contributed by atoms with Crippen molar-refractivity contribution in [3.8, 4) is 11.5 Å². The summed E-state index contributed by atoms with van der Waals surface area (Å²) in [4.78, 5) is 24.0. The summed E-state index contributed by atoms with van der Waals surface area (Å²) in [6.45, 7) is 2.06. The van der Waals surface area contributed by atoms with Crippen molar-refractivity contribution in [2.24, 2.45) is 0 Å². The smallest absolute Gasteiger partial charge is 0.250 e. The van der Waals surface area contributed by atoms with Crippen LogP contribution in [0.1, 0.15) is 11.1 Å². The molecule has 1 aliphatic rings. The molecule has 26 heavy (non-hydrogen) atoms. The first-order valence-electron chi connectivity index (χ1n) is 8.13. The molecule has 2 N–H and O–H groups in total. The topological polar surface area (TPSA) is 85.9 Å². The van der Waals surface area contributed by atoms with E-state index >= 15 is 0 Å². The zero-order valence-corrected chi connectivity index (χ0v) is 14.6. The fourth-order valence-electron chi connectivity index (χ4n) is 2.59. The highest BCUT2D eigenvalue weighted by Crippen LogP contribution is 2.32. The molecule has 2 amide bonds. The zero-order valence-electron chi connectivity index (χ0n) is 14.6. The number of aryl methyl sites for hydroxylation is 1. The van der Waals surface area contributed by atoms with Crippen LogP contribution in [0, 0.1) is 6.92 Å². The van der Waals surface area contributed by atoms with E-state index in [1.54, 1.807) is 24.3 Å². The molecule has 7 nitrogen and oxygen atoms in total. The number of amides is 2. The molecule has 0 fully saturated rings. The largest absolute Gasteiger partial charge is 0.454 e. The van der Waals surface area contributed by atoms with Gasteiger partial charge in [-0.3, -0.25) is 9.59 Å². The van der Waals surface area contributed by atoms with Crippen molar-refractivity contribution in [1.29, 1.82) is 0 Å². The van der Waals surface area contributed by atoms with Gasteiger partial charge in [0, 0.05) is 18.5 Å². The summed E-state index contributed by atoms with van der Waals surface area (Å²) < 4.78 is 15.4. The van der Waals surface area contributed by atoms with Crippen molar-refractivity contribution in [2.45, 2.75) is 13.3 Å². The molecule has 3 rings (SSSR count). The Labute approximate surface area is 151 Å². The van der Waals surface area contributed by atoms with Crippen molar-refractivity contribution in [3.05, 3.63) is 47.5 Å². The molecule has 7 heteroatoms. The first kappa shape index (κ1) is 17.8. The Morgan fingerprint density at radius 2 is 1.85 bits per heavy atom. The van der Waals surface area contributed by atoms with Crippen molar-refractivity contribution in [2.75, 3.05) is 31.1 Å². The first-order chi connectivity index (χ1) is 12.5. The maximum Gasteiger partial charge on any atom is 0.250 e. The lowest BCUT2D eigenvalue weighted by Gasteiger charge is -2.12. The second kappa shape index (κ2) is 7.88. The predicted octanol–water partition coefficient (Wildman–Crippen LogP) is 2.49. The van der Waals surface area contributed by atoms with Gasteiger partial charge in [0.15, 0.2) is 11.5 Å². The number of carbonyl (C=O) groups excluding carboxylic acids is 2. The Kier molecular flexibility index (Phi) is 5.38. The third kappa shape index (κ3) is 4.31. The summed E-state index contributed by atoms with van der Waals surface area (Å²) in [5.74, 6) is 0.917. The van der Waals surface area contributed by atoms with Gasteiger partial charge < -0.3 is 24.8 Å². The van der Waals surface area contributed by atoms with Gasteiger partial charge in [-0.05, 0) is 42.3 Å². The van der Waals surface area contributed by atoms with Crippen molar-refractivity contribution in [1.82, 2.24) is 0 Å². The van der Waals surface area contributed by atoms with Gasteiger partial charge in [-0.25, -0.2) is 0 Å². The molecule has 2 aromatic carbocycles. The molecule has 0 radical (unpaired) electrons. The summed E-state index contributed by atoms with van der Waals surface area (Å²) in [7, 11) is 1.45. The second-order valence-electron chi connectivity index (χ2n) is 5.92. The van der Waals surface area contributed by atoms with Crippen LogP contribution < -0.4 is 20.1 Å². The highest BCUT2D eigenvalue weighted by atomic mass is 16.7. The predicted molar refractivity (Wildman–Crippen MR) is 96.6 cm³/mol. The highest BCUT2D eigenvalue weighted by molar-refractivity contribution is 5.96. The van der Waals surface area contributed by atoms with Gasteiger partial charge in [0.05, 0.1) is 6.42 Å². The number of hydrogen-bond acceptors (Lipinski definition) is 5. The standard InChI is InChI=1S/C19H20N2O5/c1-12-3-5-14(20-19(23)10-24-2)9-15(12)21-18(22)8-13-4-6-16-17(7-13)26-11-25-16/h3-7,9H,8,10-11H2,1-2H3,(H,20,23)(H,21,22). The van der Waals surface area contributed by atoms with E-state index in [2.05, 4.69) is 10.6 Å². The summed E-state index contributed by atoms with van der Waals surface area (Å²) in [5, 5.41) is 5.59. The minimum absolute atomic E-state index is 0.0281. The van der Waals surface area contributed by atoms with Crippen LogP contribution >= 0.6 is 0 Å². The van der Waals surface area contributed by atoms with Crippen LogP contribution in [0.3, 0.4) is 0 Å². The quantitative estimate of drug-likeness (QED) is 0.831. The first-order valence-corrected chi connectivity index (χ1v) is 8.13. The number of fused-ring (bicyclic) bond motifs is 1. The van der Waals surface area contributed by atoms with E-state index in [1.165, 1.54) is 7.11 Å². The minimum atomic E-state index is -0.256. The fraction of sp³-hybridized carbons (Fsp3) is 0.263. The Bertz CT molecular complexity index is 835. The third-order valence-electron chi connectivity index (χ3n) is 3.87. The molecule has 0 atom stereocenters. The van der Waals surface area contributed by atoms with Gasteiger partial charge in [-0.15, -0.1) is 0 Å². The lowest BCUT2D eigenvalue weighted by molar-refractivity contribution is -0.119. The number of hydrogen-bond donors (Lipinski definition) is 2. The number of rotatable bonds is 6. The number of carbonyl (C=O) groups is 2. The summed E-state index contributed by atoms with van der Waals surface area (Å²) in [6.07, 6.45) is 0.205. The van der Waals surface area contributed by atoms with E-state index in [-0.39, 0.29) is 31.6 Å². The molecular formula is C19H20N2O5. The van der Waals surface area contributed by atoms with Crippen LogP contribution in [0.4, 0.5) is 11.4 Å². The zero-order chi connectivity index (χ0) is 18.5. The maximum atomic E-state index is 12.4. The van der Waals surface area contributed by atoms with Crippen LogP contribution in [0.5, 0.6) is 11.5 Å². The van der Waals surface area contributed by atoms with Gasteiger partial charge in [-0.1, -0.05) is 12.1 Å². The highest BCUT2D eigenvalue weighted by Gasteiger charge is 2.15. The normalized spacial score (nSPS) is 11.9. The summed E-state index contributed by atoms with van der Waals surface area (Å²) in [6, 6.07) is 10.8. The molecule has 136 valence electrons. The minimum Gasteiger partial charge on any atom is -0.454 e. The van der Waals surface area contributed by atoms with E-state index in [1.807, 2.05) is 19.1 Å². The van der Waals surface area contributed by atoms with Crippen LogP contribution in [0.2, 0.25) is 0 Å². The number of benzene rings is 2. The SMILES string of the molecule is COCC(=O)Nc1ccc(C)c(NC(=O)Cc2ccc3c(c2)OCO3)c1. The Morgan fingerprint density at radius 3 is 2.65 bits per heavy atom. The monoisotopic (exact) mass is 356 g/mol. The van der Waals surface area contributed by atoms with Gasteiger partial charge in [0.2, 0.25) is 18.6 Å². The summed E-state index contributed by atoms with van der Waals surface area (Å²) >= 11 is 0. The Balaban J connectivity index is 1.65. The molecule has 0 aromatic heterocycles. The lowest BCUT2D eigenvalue weighted by atomic mass is 10.1. The van der Waals surface area contributed by atoms with Crippen molar-refractivity contribution in [3.63, 3.8) is 0 Å². The van der Waals surface area contributed by atoms with Crippen molar-refractivity contribution >= 4 is 23.2 Å². The summed E-state index contributed by atoms with van der Waals surface area (Å²) in [5.41, 5.74) is 2.96. The number of ether oxygens (including phenoxy) is 3. The Morgan fingerprint density at radius 1 is 1.04 bits per heavy atom. The van der Waals surface area contributed by atoms with E-state index in [9.17, 15) is 9.59 Å². The van der Waals surface area contributed by atoms with Crippen LogP contribution in [0.25, 0.3) is 0 Å². The molecule has 0 spiro atoms. The molecule has 0 unspecified atom stereocenters. The van der Waals surface area contributed by atoms with Crippen LogP contribution in [0.15, 0.2) is 36.4 Å². The number of nitrogens with one attached hydrogen (secondary N) is 2. The molecule has 2 aromatic rings. The van der Waals surface area contributed by atoms with Crippen LogP contribution in [-0.4, -0.2) is 32.3 Å². The molecule has 1 aliphatic heterocycles. The van der Waals surface area contributed by atoms with E-state index < -0.39 is 0 Å². The number of methoxy groups -OCH3 is 1. The average Bonchev–Trinajstić information content (AvgIpc) is 3.05. The molecule has 0 saturated carbocycles. The van der Waals surface area contributed by atoms with Gasteiger partial charge in [-0.2, -0.15) is 0 Å². The van der Waals surface area contributed by atoms with E-state index in [0.717, 1.165) is 11.1 Å². The van der Waals surface area contributed by atoms with E-state index in [0.29, 0.717) is 22.9 Å². The van der Waals surface area contributed by atoms with Gasteiger partial charge >= 0.3 is 0 Å². The second-order valence-corrected chi connectivity index (χ2v) is 5.92. The van der Waals surface area contributed by atoms with Gasteiger partial charge in [0.1, 0.15) is 6.61 Å². The third-order valence-corrected chi connectivity index (χ3v) is 3.87. The van der Waals surface area contributed by atoms with Crippen LogP contribution in [-0.2, 0) is 20.7 Å². The molecule has 0 bridgehead atoms.